The molecule has 12 saturated heterocycles. The number of benzene rings is 2. The normalized spacial score (nSPS) is 27.0. The van der Waals surface area contributed by atoms with Crippen LogP contribution in [0.5, 0.6) is 0 Å². The summed E-state index contributed by atoms with van der Waals surface area (Å²) < 4.78 is 76.6. The van der Waals surface area contributed by atoms with Crippen molar-refractivity contribution in [2.24, 2.45) is 49.2 Å². The van der Waals surface area contributed by atoms with Gasteiger partial charge in [0.25, 0.3) is 0 Å². The van der Waals surface area contributed by atoms with Crippen molar-refractivity contribution in [3.63, 3.8) is 0 Å². The molecule has 2 atom stereocenters. The van der Waals surface area contributed by atoms with E-state index in [0.29, 0.717) is 65.6 Å². The van der Waals surface area contributed by atoms with Crippen molar-refractivity contribution in [1.82, 2.24) is 54.3 Å². The van der Waals surface area contributed by atoms with E-state index in [4.69, 9.17) is 0 Å². The van der Waals surface area contributed by atoms with Crippen molar-refractivity contribution in [1.29, 1.82) is 0 Å². The Bertz CT molecular complexity index is 5240. The van der Waals surface area contributed by atoms with Crippen LogP contribution in [0.3, 0.4) is 0 Å². The Morgan fingerprint density at radius 3 is 0.865 bits per heavy atom. The summed E-state index contributed by atoms with van der Waals surface area (Å²) in [5, 5.41) is 11.0. The lowest BCUT2D eigenvalue weighted by Gasteiger charge is -2.46. The molecule has 14 fully saturated rings. The number of hydrogen-bond acceptors (Lipinski definition) is 18. The zero-order chi connectivity index (χ0) is 106. The predicted octanol–water partition coefficient (Wildman–Crippen LogP) is 26.6. The number of likely N-dealkylation sites (tertiary alicyclic amines) is 6. The van der Waals surface area contributed by atoms with Crippen LogP contribution in [-0.2, 0) is 18.0 Å². The van der Waals surface area contributed by atoms with E-state index in [0.717, 1.165) is 121 Å². The summed E-state index contributed by atoms with van der Waals surface area (Å²) in [5.74, 6) is 0.920. The van der Waals surface area contributed by atoms with Gasteiger partial charge in [-0.15, -0.1) is 0 Å². The average Bonchev–Trinajstić information content (AvgIpc) is 1.52. The highest BCUT2D eigenvalue weighted by atomic mass is 19.4. The second-order valence-corrected chi connectivity index (χ2v) is 55.2. The highest BCUT2D eigenvalue weighted by Crippen LogP contribution is 2.55. The molecule has 24 heteroatoms. The van der Waals surface area contributed by atoms with E-state index in [-0.39, 0.29) is 16.6 Å². The second kappa shape index (κ2) is 45.8. The summed E-state index contributed by atoms with van der Waals surface area (Å²) in [6, 6.07) is 36.1. The SMILES string of the molecule is CC(C)(C)C1CCC2(CC1)CCN(c1ccncc1)C2.CC(C)(C)N1CCC2(CCC(O)(c3ccncc3)CC2)C1.CC(C)(C)N1CCC2(CCN(c3ccc(C(F)(F)F)cc3)CC2)C1.CC(C)(C)N1CCC2(CCN(c3ccccc3)C2)C1.CC(C)(C)N1CCC2(CCN(c3ccnc(C(F)(F)F)c3)CC2)C1.CC(C)(C)N1CCC2(CCN(c3ccncc3)CC2)C1.CC(C)(C)N1CCCC2(CCN(c3ccncc3)C2)C1. The fourth-order valence-corrected chi connectivity index (χ4v) is 27.4. The van der Waals surface area contributed by atoms with E-state index in [9.17, 15) is 31.4 Å². The van der Waals surface area contributed by atoms with E-state index in [1.807, 2.05) is 49.3 Å². The Morgan fingerprint density at radius 2 is 0.520 bits per heavy atom. The van der Waals surface area contributed by atoms with Crippen LogP contribution >= 0.6 is 0 Å². The van der Waals surface area contributed by atoms with Gasteiger partial charge >= 0.3 is 12.4 Å². The number of rotatable bonds is 7. The Hall–Kier alpha value is -7.71. The Kier molecular flexibility index (Phi) is 35.3. The third-order valence-electron chi connectivity index (χ3n) is 38.1. The van der Waals surface area contributed by atoms with E-state index >= 15 is 0 Å². The molecule has 2 saturated carbocycles. The molecular weight excluding hydrogens is 1860 g/mol. The van der Waals surface area contributed by atoms with Crippen molar-refractivity contribution >= 4 is 34.1 Å². The van der Waals surface area contributed by atoms with Gasteiger partial charge in [0.05, 0.1) is 11.2 Å². The molecule has 21 rings (SSSR count). The maximum absolute atomic E-state index is 12.8. The van der Waals surface area contributed by atoms with Crippen LogP contribution in [-0.4, -0.2) is 250 Å². The van der Waals surface area contributed by atoms with Gasteiger partial charge in [-0.25, -0.2) is 0 Å². The average molecular weight is 2050 g/mol. The molecule has 2 aromatic carbocycles. The minimum atomic E-state index is -4.38. The van der Waals surface area contributed by atoms with Crippen molar-refractivity contribution in [2.45, 2.75) is 351 Å². The minimum Gasteiger partial charge on any atom is -0.385 e. The Balaban J connectivity index is 0.000000129. The molecule has 1 N–H and O–H groups in total. The van der Waals surface area contributed by atoms with Crippen LogP contribution in [0.15, 0.2) is 171 Å². The van der Waals surface area contributed by atoms with Crippen molar-refractivity contribution in [3.8, 4) is 0 Å². The van der Waals surface area contributed by atoms with E-state index < -0.39 is 29.2 Å². The molecule has 0 radical (unpaired) electrons. The molecule has 18 nitrogen and oxygen atoms in total. The van der Waals surface area contributed by atoms with E-state index in [1.54, 1.807) is 30.6 Å². The Morgan fingerprint density at radius 1 is 0.250 bits per heavy atom. The number of piperidine rings is 4. The number of halogens is 6. The third kappa shape index (κ3) is 29.3. The molecule has 0 amide bonds. The summed E-state index contributed by atoms with van der Waals surface area (Å²) >= 11 is 0. The first kappa shape index (κ1) is 114. The van der Waals surface area contributed by atoms with Gasteiger partial charge in [-0.2, -0.15) is 26.3 Å². The molecule has 14 aliphatic rings. The topological polar surface area (TPSA) is 124 Å². The molecule has 7 spiro atoms. The molecule has 2 unspecified atom stereocenters. The van der Waals surface area contributed by atoms with Gasteiger partial charge in [-0.1, -0.05) is 39.0 Å². The zero-order valence-corrected chi connectivity index (χ0v) is 95.0. The number of nitrogens with zero attached hydrogens (tertiary/aromatic N) is 17. The van der Waals surface area contributed by atoms with Crippen LogP contribution in [0.1, 0.15) is 316 Å². The zero-order valence-electron chi connectivity index (χ0n) is 95.0. The van der Waals surface area contributed by atoms with Gasteiger partial charge in [0.2, 0.25) is 0 Å². The molecule has 7 aromatic rings. The predicted molar refractivity (Wildman–Crippen MR) is 600 cm³/mol. The van der Waals surface area contributed by atoms with Gasteiger partial charge in [-0.05, 0) is 459 Å². The van der Waals surface area contributed by atoms with Gasteiger partial charge < -0.3 is 34.5 Å². The number of pyridine rings is 5. The fraction of sp³-hybridized carbons (Fsp3) is 0.702. The lowest BCUT2D eigenvalue weighted by Crippen LogP contribution is -2.52. The van der Waals surface area contributed by atoms with Crippen LogP contribution in [0.2, 0.25) is 0 Å². The molecule has 5 aromatic heterocycles. The minimum absolute atomic E-state index is 0.188. The maximum Gasteiger partial charge on any atom is 0.433 e. The fourth-order valence-electron chi connectivity index (χ4n) is 27.4. The molecule has 148 heavy (non-hydrogen) atoms. The van der Waals surface area contributed by atoms with Crippen molar-refractivity contribution in [3.05, 3.63) is 188 Å². The van der Waals surface area contributed by atoms with Gasteiger partial charge in [0.1, 0.15) is 5.69 Å². The van der Waals surface area contributed by atoms with Gasteiger partial charge in [0, 0.05) is 252 Å². The first-order chi connectivity index (χ1) is 69.5. The van der Waals surface area contributed by atoms with Gasteiger partial charge in [0.15, 0.2) is 0 Å². The number of para-hydroxylation sites is 1. The Labute approximate surface area is 888 Å². The monoisotopic (exact) mass is 2050 g/mol. The molecule has 12 aliphatic heterocycles. The number of aromatic nitrogens is 5. The van der Waals surface area contributed by atoms with Crippen molar-refractivity contribution < 1.29 is 31.4 Å². The van der Waals surface area contributed by atoms with Gasteiger partial charge in [-0.3, -0.25) is 54.3 Å². The van der Waals surface area contributed by atoms with Crippen LogP contribution in [0.4, 0.5) is 60.5 Å². The molecule has 818 valence electrons. The van der Waals surface area contributed by atoms with Crippen LogP contribution in [0, 0.1) is 49.2 Å². The highest BCUT2D eigenvalue weighted by molar-refractivity contribution is 5.52. The standard InChI is InChI=1S/C19H27F3N2.C18H26F3N3.C18H28N2O.C18H28N2.2C17H27N3.C17H26N2/c1-17(2,3)24-13-10-18(14-24)8-11-23(12-9-18)16-6-4-15(5-7-16)19(20,21)22;1-16(2,3)24-11-7-17(13-24)5-9-23(10-6-17)14-4-8-22-15(12-14)18(19,20)21;1-16(2,3)20-13-10-17(14-20)6-8-18(21,9-7-17)15-4-11-19-12-5-15;1-17(2,3)15-4-8-18(9-5-15)10-13-20(14-18)16-6-11-19-12-7-16;1-16(2,3)20-13-8-17(14-20)6-11-19(12-7-17)15-4-9-18-10-5-15;1-16(2,3)20-11-4-7-17(14-20)8-12-19(13-17)15-5-9-18-10-6-15;1-16(2,3)19-12-10-17(14-19)9-11-18(13-17)15-7-5-4-6-8-15/h4-7H,8-14H2,1-3H3;4,8,12H,5-7,9-11,13H2,1-3H3;4-5,11-12,21H,6-10,13-14H2,1-3H3;6-7,11-12,15H,4-5,8-10,13-14H2,1-3H3;4-5,9-10H,6-8,11-14H2,1-3H3;5-6,9-10H,4,7-8,11-14H2,1-3H3;4-8H,9-14H2,1-3H3. The largest absolute Gasteiger partial charge is 0.433 e. The molecular formula is C124H189F6N17O. The van der Waals surface area contributed by atoms with E-state index in [1.165, 1.54) is 255 Å². The summed E-state index contributed by atoms with van der Waals surface area (Å²) in [4.78, 5) is 50.2. The number of aliphatic hydroxyl groups is 1. The smallest absolute Gasteiger partial charge is 0.385 e. The lowest BCUT2D eigenvalue weighted by atomic mass is 9.64. The number of alkyl halides is 6. The first-order valence-corrected chi connectivity index (χ1v) is 57.0. The van der Waals surface area contributed by atoms with E-state index in [2.05, 4.69) is 296 Å². The highest BCUT2D eigenvalue weighted by Gasteiger charge is 2.53. The van der Waals surface area contributed by atoms with Crippen LogP contribution < -0.4 is 29.4 Å². The summed E-state index contributed by atoms with van der Waals surface area (Å²) in [6.07, 6.45) is 37.7. The molecule has 2 aliphatic carbocycles. The summed E-state index contributed by atoms with van der Waals surface area (Å²) in [5.41, 5.74) is 11.5. The summed E-state index contributed by atoms with van der Waals surface area (Å²) in [7, 11) is 0. The lowest BCUT2D eigenvalue weighted by molar-refractivity contribution is -0.141. The molecule has 17 heterocycles. The second-order valence-electron chi connectivity index (χ2n) is 55.2. The molecule has 0 bridgehead atoms. The van der Waals surface area contributed by atoms with Crippen LogP contribution in [0.25, 0.3) is 0 Å². The van der Waals surface area contributed by atoms with Crippen molar-refractivity contribution in [2.75, 3.05) is 186 Å². The quantitative estimate of drug-likeness (QED) is 0.152. The number of anilines is 6. The number of hydrogen-bond donors (Lipinski definition) is 1. The summed E-state index contributed by atoms with van der Waals surface area (Å²) in [6.45, 7) is 76.6. The maximum atomic E-state index is 12.8. The first-order valence-electron chi connectivity index (χ1n) is 57.0. The third-order valence-corrected chi connectivity index (χ3v) is 38.1.